The van der Waals surface area contributed by atoms with Gasteiger partial charge in [0.15, 0.2) is 0 Å². The van der Waals surface area contributed by atoms with E-state index in [4.69, 9.17) is 19.9 Å². The Balaban J connectivity index is 1.91. The van der Waals surface area contributed by atoms with Crippen LogP contribution in [0.15, 0.2) is 71.3 Å². The third kappa shape index (κ3) is 4.31. The van der Waals surface area contributed by atoms with Crippen LogP contribution in [0.1, 0.15) is 37.8 Å². The summed E-state index contributed by atoms with van der Waals surface area (Å²) in [6.45, 7) is 5.67. The molecule has 1 heterocycles. The number of nitrogens with two attached hydrogens (primary N) is 1. The normalized spacial score (nSPS) is 16.0. The Hall–Kier alpha value is -3.72. The molecule has 0 fully saturated rings. The second-order valence-electron chi connectivity index (χ2n) is 6.78. The molecule has 0 aliphatic carbocycles. The lowest BCUT2D eigenvalue weighted by Crippen LogP contribution is -2.25. The number of nitrogens with zero attached hydrogens (tertiary/aromatic N) is 1. The number of rotatable bonds is 6. The van der Waals surface area contributed by atoms with Crippen molar-refractivity contribution in [3.05, 3.63) is 82.4 Å². The number of esters is 1. The van der Waals surface area contributed by atoms with E-state index in [1.165, 1.54) is 5.56 Å². The lowest BCUT2D eigenvalue weighted by molar-refractivity contribution is -0.139. The van der Waals surface area contributed by atoms with Gasteiger partial charge < -0.3 is 19.9 Å². The molecule has 1 atom stereocenters. The fourth-order valence-electron chi connectivity index (χ4n) is 3.35. The first-order valence-corrected chi connectivity index (χ1v) is 9.80. The summed E-state index contributed by atoms with van der Waals surface area (Å²) in [5.41, 5.74) is 8.32. The van der Waals surface area contributed by atoms with Crippen LogP contribution >= 0.6 is 0 Å². The van der Waals surface area contributed by atoms with Gasteiger partial charge in [-0.05, 0) is 55.7 Å². The highest BCUT2D eigenvalue weighted by molar-refractivity contribution is 5.92. The molecule has 0 aromatic heterocycles. The second kappa shape index (κ2) is 9.19. The monoisotopic (exact) mass is 404 g/mol. The Labute approximate surface area is 176 Å². The molecule has 0 radical (unpaired) electrons. The first kappa shape index (κ1) is 21.0. The van der Waals surface area contributed by atoms with Crippen molar-refractivity contribution in [3.8, 4) is 17.6 Å². The van der Waals surface area contributed by atoms with Gasteiger partial charge in [-0.3, -0.25) is 0 Å². The van der Waals surface area contributed by atoms with Crippen molar-refractivity contribution in [2.24, 2.45) is 5.73 Å². The van der Waals surface area contributed by atoms with E-state index in [0.717, 1.165) is 12.2 Å². The van der Waals surface area contributed by atoms with E-state index in [2.05, 4.69) is 13.0 Å². The van der Waals surface area contributed by atoms with Gasteiger partial charge in [0, 0.05) is 0 Å². The molecule has 3 rings (SSSR count). The summed E-state index contributed by atoms with van der Waals surface area (Å²) in [4.78, 5) is 12.6. The van der Waals surface area contributed by atoms with Crippen molar-refractivity contribution in [1.82, 2.24) is 0 Å². The molecule has 1 aliphatic rings. The molecule has 0 bridgehead atoms. The van der Waals surface area contributed by atoms with Crippen molar-refractivity contribution in [2.75, 3.05) is 6.61 Å². The van der Waals surface area contributed by atoms with Crippen molar-refractivity contribution in [1.29, 1.82) is 5.26 Å². The number of aryl methyl sites for hydroxylation is 1. The summed E-state index contributed by atoms with van der Waals surface area (Å²) < 4.78 is 16.5. The molecule has 6 heteroatoms. The predicted molar refractivity (Wildman–Crippen MR) is 112 cm³/mol. The second-order valence-corrected chi connectivity index (χ2v) is 6.78. The molecule has 0 saturated carbocycles. The van der Waals surface area contributed by atoms with E-state index in [-0.39, 0.29) is 23.6 Å². The number of hydrogen-bond donors (Lipinski definition) is 1. The number of benzene rings is 2. The van der Waals surface area contributed by atoms with Gasteiger partial charge in [-0.2, -0.15) is 5.26 Å². The first-order chi connectivity index (χ1) is 14.5. The summed E-state index contributed by atoms with van der Waals surface area (Å²) in [6.07, 6.45) is 0.966. The smallest absolute Gasteiger partial charge is 0.338 e. The molecule has 30 heavy (non-hydrogen) atoms. The quantitative estimate of drug-likeness (QED) is 0.702. The molecule has 2 aromatic rings. The van der Waals surface area contributed by atoms with E-state index >= 15 is 0 Å². The molecule has 0 saturated heterocycles. The summed E-state index contributed by atoms with van der Waals surface area (Å²) in [5, 5.41) is 9.63. The number of hydrogen-bond acceptors (Lipinski definition) is 6. The molecule has 2 N–H and O–H groups in total. The van der Waals surface area contributed by atoms with Crippen LogP contribution in [-0.4, -0.2) is 12.6 Å². The van der Waals surface area contributed by atoms with Crippen molar-refractivity contribution >= 4 is 5.97 Å². The Morgan fingerprint density at radius 2 is 1.70 bits per heavy atom. The van der Waals surface area contributed by atoms with E-state index in [0.29, 0.717) is 17.1 Å². The molecule has 1 aliphatic heterocycles. The van der Waals surface area contributed by atoms with E-state index in [1.807, 2.05) is 36.4 Å². The molecule has 154 valence electrons. The molecule has 1 unspecified atom stereocenters. The average Bonchev–Trinajstić information content (AvgIpc) is 2.74. The van der Waals surface area contributed by atoms with Gasteiger partial charge in [0.05, 0.1) is 18.1 Å². The third-order valence-corrected chi connectivity index (χ3v) is 4.88. The van der Waals surface area contributed by atoms with Gasteiger partial charge in [-0.1, -0.05) is 31.2 Å². The fourth-order valence-corrected chi connectivity index (χ4v) is 3.35. The van der Waals surface area contributed by atoms with Crippen LogP contribution in [0.4, 0.5) is 0 Å². The standard InChI is InChI=1S/C24H24N2O4/c1-4-16-6-10-18(11-7-16)30-19-12-8-17(9-13-19)22-20(14-25)23(26)29-15(3)21(22)24(27)28-5-2/h6-13,22H,4-5,26H2,1-3H3. The maximum atomic E-state index is 12.6. The van der Waals surface area contributed by atoms with Crippen LogP contribution < -0.4 is 10.5 Å². The highest BCUT2D eigenvalue weighted by Crippen LogP contribution is 2.40. The van der Waals surface area contributed by atoms with Crippen LogP contribution in [0.5, 0.6) is 11.5 Å². The van der Waals surface area contributed by atoms with Crippen LogP contribution in [0.2, 0.25) is 0 Å². The van der Waals surface area contributed by atoms with E-state index < -0.39 is 11.9 Å². The number of ether oxygens (including phenoxy) is 3. The number of nitriles is 1. The average molecular weight is 404 g/mol. The number of carbonyl (C=O) groups is 1. The molecule has 6 nitrogen and oxygen atoms in total. The summed E-state index contributed by atoms with van der Waals surface area (Å²) in [7, 11) is 0. The fraction of sp³-hybridized carbons (Fsp3) is 0.250. The molecule has 2 aromatic carbocycles. The Morgan fingerprint density at radius 3 is 2.23 bits per heavy atom. The first-order valence-electron chi connectivity index (χ1n) is 9.80. The van der Waals surface area contributed by atoms with Crippen LogP contribution in [0, 0.1) is 11.3 Å². The molecule has 0 amide bonds. The minimum absolute atomic E-state index is 0.00983. The van der Waals surface area contributed by atoms with E-state index in [1.54, 1.807) is 26.0 Å². The predicted octanol–water partition coefficient (Wildman–Crippen LogP) is 4.69. The van der Waals surface area contributed by atoms with Gasteiger partial charge >= 0.3 is 5.97 Å². The third-order valence-electron chi connectivity index (χ3n) is 4.88. The summed E-state index contributed by atoms with van der Waals surface area (Å²) in [5.74, 6) is 0.493. The number of carbonyl (C=O) groups excluding carboxylic acids is 1. The Kier molecular flexibility index (Phi) is 6.43. The van der Waals surface area contributed by atoms with Crippen molar-refractivity contribution in [3.63, 3.8) is 0 Å². The summed E-state index contributed by atoms with van der Waals surface area (Å²) in [6, 6.07) is 17.2. The van der Waals surface area contributed by atoms with Gasteiger partial charge in [0.1, 0.15) is 28.9 Å². The van der Waals surface area contributed by atoms with Crippen molar-refractivity contribution < 1.29 is 19.0 Å². The zero-order chi connectivity index (χ0) is 21.7. The maximum Gasteiger partial charge on any atom is 0.338 e. The lowest BCUT2D eigenvalue weighted by atomic mass is 9.83. The van der Waals surface area contributed by atoms with Gasteiger partial charge in [-0.15, -0.1) is 0 Å². The molecular formula is C24H24N2O4. The highest BCUT2D eigenvalue weighted by atomic mass is 16.5. The molecule has 0 spiro atoms. The largest absolute Gasteiger partial charge is 0.463 e. The summed E-state index contributed by atoms with van der Waals surface area (Å²) >= 11 is 0. The van der Waals surface area contributed by atoms with E-state index in [9.17, 15) is 10.1 Å². The topological polar surface area (TPSA) is 94.6 Å². The SMILES string of the molecule is CCOC(=O)C1=C(C)OC(N)=C(C#N)C1c1ccc(Oc2ccc(CC)cc2)cc1. The Morgan fingerprint density at radius 1 is 1.10 bits per heavy atom. The minimum Gasteiger partial charge on any atom is -0.463 e. The van der Waals surface area contributed by atoms with Gasteiger partial charge in [0.2, 0.25) is 5.88 Å². The Bertz CT molecular complexity index is 1030. The zero-order valence-corrected chi connectivity index (χ0v) is 17.3. The van der Waals surface area contributed by atoms with Crippen LogP contribution in [0.3, 0.4) is 0 Å². The minimum atomic E-state index is -0.666. The zero-order valence-electron chi connectivity index (χ0n) is 17.3. The van der Waals surface area contributed by atoms with Crippen molar-refractivity contribution in [2.45, 2.75) is 33.1 Å². The number of allylic oxidation sites excluding steroid dienone is 2. The van der Waals surface area contributed by atoms with Gasteiger partial charge in [0.25, 0.3) is 0 Å². The van der Waals surface area contributed by atoms with Gasteiger partial charge in [-0.25, -0.2) is 4.79 Å². The lowest BCUT2D eigenvalue weighted by Gasteiger charge is -2.26. The van der Waals surface area contributed by atoms with Crippen LogP contribution in [-0.2, 0) is 20.7 Å². The molecular weight excluding hydrogens is 380 g/mol. The highest BCUT2D eigenvalue weighted by Gasteiger charge is 2.36. The maximum absolute atomic E-state index is 12.6. The van der Waals surface area contributed by atoms with Crippen LogP contribution in [0.25, 0.3) is 0 Å².